The van der Waals surface area contributed by atoms with E-state index in [1.807, 2.05) is 19.2 Å². The van der Waals surface area contributed by atoms with Gasteiger partial charge >= 0.3 is 0 Å². The molecule has 0 atom stereocenters. The summed E-state index contributed by atoms with van der Waals surface area (Å²) in [6, 6.07) is 4.59. The number of fused-ring (bicyclic) bond motifs is 1. The molecule has 0 unspecified atom stereocenters. The number of pyridine rings is 2. The third-order valence-electron chi connectivity index (χ3n) is 3.17. The number of nitrogens with zero attached hydrogens (tertiary/aromatic N) is 3. The summed E-state index contributed by atoms with van der Waals surface area (Å²) in [6.45, 7) is 3.70. The molecular formula is C15H12BrFN4O. The molecule has 0 aliphatic heterocycles. The molecule has 112 valence electrons. The highest BCUT2D eigenvalue weighted by Gasteiger charge is 2.18. The molecule has 0 spiro atoms. The fourth-order valence-corrected chi connectivity index (χ4v) is 2.89. The fourth-order valence-electron chi connectivity index (χ4n) is 2.24. The van der Waals surface area contributed by atoms with Crippen LogP contribution < -0.4 is 5.32 Å². The van der Waals surface area contributed by atoms with Crippen molar-refractivity contribution >= 4 is 33.3 Å². The number of amides is 1. The lowest BCUT2D eigenvalue weighted by atomic mass is 10.3. The average molecular weight is 363 g/mol. The van der Waals surface area contributed by atoms with Crippen LogP contribution in [-0.2, 0) is 0 Å². The average Bonchev–Trinajstić information content (AvgIpc) is 2.78. The van der Waals surface area contributed by atoms with Crippen LogP contribution in [0, 0.1) is 19.7 Å². The van der Waals surface area contributed by atoms with Crippen LogP contribution >= 0.6 is 15.9 Å². The number of aryl methyl sites for hydroxylation is 2. The molecule has 22 heavy (non-hydrogen) atoms. The maximum absolute atomic E-state index is 12.9. The molecule has 0 saturated carbocycles. The lowest BCUT2D eigenvalue weighted by molar-refractivity contribution is 0.102. The molecule has 3 rings (SSSR count). The second-order valence-electron chi connectivity index (χ2n) is 4.92. The van der Waals surface area contributed by atoms with Crippen molar-refractivity contribution in [3.05, 3.63) is 57.8 Å². The molecule has 7 heteroatoms. The molecule has 1 amide bonds. The van der Waals surface area contributed by atoms with Gasteiger partial charge in [0.25, 0.3) is 5.91 Å². The lowest BCUT2D eigenvalue weighted by Gasteiger charge is -2.06. The molecule has 3 heterocycles. The first-order chi connectivity index (χ1) is 10.5. The van der Waals surface area contributed by atoms with E-state index in [-0.39, 0.29) is 11.7 Å². The number of nitrogens with one attached hydrogen (secondary N) is 1. The largest absolute Gasteiger partial charge is 0.305 e. The van der Waals surface area contributed by atoms with Crippen molar-refractivity contribution in [2.45, 2.75) is 13.8 Å². The summed E-state index contributed by atoms with van der Waals surface area (Å²) in [5.41, 5.74) is 2.68. The van der Waals surface area contributed by atoms with Crippen molar-refractivity contribution in [3.63, 3.8) is 0 Å². The van der Waals surface area contributed by atoms with Crippen molar-refractivity contribution in [3.8, 4) is 0 Å². The fraction of sp³-hybridized carbons (Fsp3) is 0.133. The van der Waals surface area contributed by atoms with Gasteiger partial charge in [-0.3, -0.25) is 9.20 Å². The monoisotopic (exact) mass is 362 g/mol. The summed E-state index contributed by atoms with van der Waals surface area (Å²) in [4.78, 5) is 20.7. The van der Waals surface area contributed by atoms with Crippen molar-refractivity contribution in [2.24, 2.45) is 0 Å². The van der Waals surface area contributed by atoms with Crippen LogP contribution in [0.4, 0.5) is 10.2 Å². The zero-order chi connectivity index (χ0) is 15.9. The lowest BCUT2D eigenvalue weighted by Crippen LogP contribution is -2.16. The Morgan fingerprint density at radius 2 is 2.14 bits per heavy atom. The number of hydrogen-bond acceptors (Lipinski definition) is 3. The Hall–Kier alpha value is -2.28. The van der Waals surface area contributed by atoms with Crippen molar-refractivity contribution in [2.75, 3.05) is 5.32 Å². The Labute approximate surface area is 134 Å². The van der Waals surface area contributed by atoms with Crippen LogP contribution in [-0.4, -0.2) is 20.3 Å². The minimum absolute atomic E-state index is 0.285. The zero-order valence-electron chi connectivity index (χ0n) is 11.9. The summed E-state index contributed by atoms with van der Waals surface area (Å²) in [5.74, 6) is -0.516. The highest BCUT2D eigenvalue weighted by Crippen LogP contribution is 2.22. The summed E-state index contributed by atoms with van der Waals surface area (Å²) in [7, 11) is 0. The number of rotatable bonds is 2. The number of imidazole rings is 1. The van der Waals surface area contributed by atoms with Gasteiger partial charge in [-0.15, -0.1) is 0 Å². The highest BCUT2D eigenvalue weighted by atomic mass is 79.9. The van der Waals surface area contributed by atoms with E-state index >= 15 is 0 Å². The second kappa shape index (κ2) is 5.49. The Balaban J connectivity index is 2.03. The molecule has 1 N–H and O–H groups in total. The van der Waals surface area contributed by atoms with E-state index in [2.05, 4.69) is 31.2 Å². The van der Waals surface area contributed by atoms with Gasteiger partial charge in [0.1, 0.15) is 17.3 Å². The molecule has 0 aromatic carbocycles. The smallest absolute Gasteiger partial charge is 0.275 e. The molecule has 5 nitrogen and oxygen atoms in total. The standard InChI is InChI=1S/C15H12BrFN4O/c1-8-5-11(16)14-19-9(2)13(21(14)7-8)15(22)20-12-4-3-10(17)6-18-12/h3-7H,1-2H3,(H,18,20,22). The molecule has 0 fully saturated rings. The minimum atomic E-state index is -0.455. The first-order valence-corrected chi connectivity index (χ1v) is 7.32. The van der Waals surface area contributed by atoms with Gasteiger partial charge in [-0.25, -0.2) is 14.4 Å². The predicted molar refractivity (Wildman–Crippen MR) is 84.5 cm³/mol. The van der Waals surface area contributed by atoms with Crippen molar-refractivity contribution in [1.82, 2.24) is 14.4 Å². The summed E-state index contributed by atoms with van der Waals surface area (Å²) >= 11 is 3.45. The van der Waals surface area contributed by atoms with Gasteiger partial charge in [0.05, 0.1) is 16.4 Å². The molecule has 0 saturated heterocycles. The quantitative estimate of drug-likeness (QED) is 0.758. The Morgan fingerprint density at radius 1 is 1.36 bits per heavy atom. The normalized spacial score (nSPS) is 10.9. The number of halogens is 2. The van der Waals surface area contributed by atoms with Gasteiger partial charge in [-0.05, 0) is 53.5 Å². The van der Waals surface area contributed by atoms with E-state index in [4.69, 9.17) is 0 Å². The first-order valence-electron chi connectivity index (χ1n) is 6.53. The van der Waals surface area contributed by atoms with Crippen LogP contribution in [0.15, 0.2) is 35.1 Å². The van der Waals surface area contributed by atoms with Gasteiger partial charge in [-0.2, -0.15) is 0 Å². The van der Waals surface area contributed by atoms with Crippen LogP contribution in [0.1, 0.15) is 21.7 Å². The Kier molecular flexibility index (Phi) is 3.66. The van der Waals surface area contributed by atoms with Crippen LogP contribution in [0.2, 0.25) is 0 Å². The molecule has 0 radical (unpaired) electrons. The van der Waals surface area contributed by atoms with Gasteiger partial charge in [0.2, 0.25) is 0 Å². The summed E-state index contributed by atoms with van der Waals surface area (Å²) in [6.07, 6.45) is 2.89. The van der Waals surface area contributed by atoms with E-state index in [0.717, 1.165) is 16.2 Å². The SMILES string of the molecule is Cc1cc(Br)c2nc(C)c(C(=O)Nc3ccc(F)cn3)n2c1. The highest BCUT2D eigenvalue weighted by molar-refractivity contribution is 9.10. The van der Waals surface area contributed by atoms with Crippen LogP contribution in [0.25, 0.3) is 5.65 Å². The number of anilines is 1. The summed E-state index contributed by atoms with van der Waals surface area (Å²) in [5, 5.41) is 2.65. The van der Waals surface area contributed by atoms with Crippen LogP contribution in [0.5, 0.6) is 0 Å². The third-order valence-corrected chi connectivity index (χ3v) is 3.75. The van der Waals surface area contributed by atoms with Gasteiger partial charge in [0, 0.05) is 6.20 Å². The van der Waals surface area contributed by atoms with Crippen LogP contribution in [0.3, 0.4) is 0 Å². The number of carbonyl (C=O) groups excluding carboxylic acids is 1. The maximum atomic E-state index is 12.9. The van der Waals surface area contributed by atoms with E-state index in [0.29, 0.717) is 17.0 Å². The number of aromatic nitrogens is 3. The van der Waals surface area contributed by atoms with Gasteiger partial charge in [-0.1, -0.05) is 0 Å². The number of carbonyl (C=O) groups is 1. The van der Waals surface area contributed by atoms with Gasteiger partial charge in [0.15, 0.2) is 5.65 Å². The molecular weight excluding hydrogens is 351 g/mol. The molecule has 0 bridgehead atoms. The number of hydrogen-bond donors (Lipinski definition) is 1. The third kappa shape index (κ3) is 2.59. The van der Waals surface area contributed by atoms with Gasteiger partial charge < -0.3 is 5.32 Å². The molecule has 3 aromatic rings. The molecule has 3 aromatic heterocycles. The van der Waals surface area contributed by atoms with E-state index in [1.54, 1.807) is 11.3 Å². The van der Waals surface area contributed by atoms with Crippen molar-refractivity contribution in [1.29, 1.82) is 0 Å². The maximum Gasteiger partial charge on any atom is 0.275 e. The van der Waals surface area contributed by atoms with Crippen molar-refractivity contribution < 1.29 is 9.18 Å². The Bertz CT molecular complexity index is 873. The Morgan fingerprint density at radius 3 is 2.82 bits per heavy atom. The molecule has 0 aliphatic carbocycles. The predicted octanol–water partition coefficient (Wildman–Crippen LogP) is 3.50. The zero-order valence-corrected chi connectivity index (χ0v) is 13.5. The van der Waals surface area contributed by atoms with E-state index < -0.39 is 5.82 Å². The first kappa shape index (κ1) is 14.6. The van der Waals surface area contributed by atoms with E-state index in [1.165, 1.54) is 12.1 Å². The van der Waals surface area contributed by atoms with E-state index in [9.17, 15) is 9.18 Å². The molecule has 0 aliphatic rings. The minimum Gasteiger partial charge on any atom is -0.305 e. The second-order valence-corrected chi connectivity index (χ2v) is 5.77. The summed E-state index contributed by atoms with van der Waals surface area (Å²) < 4.78 is 15.4. The topological polar surface area (TPSA) is 59.3 Å².